The molecule has 0 saturated carbocycles. The molecule has 0 aliphatic carbocycles. The summed E-state index contributed by atoms with van der Waals surface area (Å²) in [6, 6.07) is 15.4. The van der Waals surface area contributed by atoms with E-state index in [1.165, 1.54) is 0 Å². The number of hydrogen-bond acceptors (Lipinski definition) is 1. The summed E-state index contributed by atoms with van der Waals surface area (Å²) in [5.41, 5.74) is 2.90. The van der Waals surface area contributed by atoms with Crippen LogP contribution in [0.15, 0.2) is 53.4 Å². The van der Waals surface area contributed by atoms with Gasteiger partial charge in [0.05, 0.1) is 14.6 Å². The highest BCUT2D eigenvalue weighted by atomic mass is 32.2. The molecule has 0 saturated heterocycles. The van der Waals surface area contributed by atoms with Crippen LogP contribution in [-0.2, 0) is 9.71 Å². The Morgan fingerprint density at radius 1 is 0.944 bits per heavy atom. The van der Waals surface area contributed by atoms with Gasteiger partial charge in [-0.1, -0.05) is 36.4 Å². The first kappa shape index (κ1) is 12.7. The van der Waals surface area contributed by atoms with E-state index in [2.05, 4.69) is 10.6 Å². The van der Waals surface area contributed by atoms with Crippen molar-refractivity contribution in [2.75, 3.05) is 4.72 Å². The summed E-state index contributed by atoms with van der Waals surface area (Å²) >= 11 is 0. The third kappa shape index (κ3) is 2.57. The maximum absolute atomic E-state index is 12.7. The van der Waals surface area contributed by atoms with Gasteiger partial charge in [0.2, 0.25) is 0 Å². The highest BCUT2D eigenvalue weighted by molar-refractivity contribution is 8.01. The van der Waals surface area contributed by atoms with E-state index >= 15 is 0 Å². The van der Waals surface area contributed by atoms with E-state index in [-0.39, 0.29) is 0 Å². The zero-order chi connectivity index (χ0) is 13.2. The summed E-state index contributed by atoms with van der Waals surface area (Å²) in [7, 11) is -2.52. The summed E-state index contributed by atoms with van der Waals surface area (Å²) in [4.78, 5) is 0.758. The van der Waals surface area contributed by atoms with Crippen molar-refractivity contribution >= 4 is 21.3 Å². The van der Waals surface area contributed by atoms with Crippen LogP contribution >= 0.6 is 0 Å². The van der Waals surface area contributed by atoms with Gasteiger partial charge in [0.1, 0.15) is 0 Å². The van der Waals surface area contributed by atoms with E-state index in [0.717, 1.165) is 21.7 Å². The third-order valence-electron chi connectivity index (χ3n) is 2.87. The fraction of sp³-hybridized carbons (Fsp3) is 0.133. The predicted molar refractivity (Wildman–Crippen MR) is 79.5 cm³/mol. The van der Waals surface area contributed by atoms with E-state index < -0.39 is 9.71 Å². The first-order chi connectivity index (χ1) is 8.50. The lowest BCUT2D eigenvalue weighted by Gasteiger charge is -2.16. The number of benzene rings is 2. The molecule has 3 heteroatoms. The number of aryl methyl sites for hydroxylation is 2. The van der Waals surface area contributed by atoms with Crippen molar-refractivity contribution in [1.82, 2.24) is 0 Å². The fourth-order valence-electron chi connectivity index (χ4n) is 1.85. The molecule has 0 spiro atoms. The standard InChI is InChI=1S/C15H17NOS/c1-12-8-4-6-10-14(12)16-18(3,17)15-11-7-5-9-13(15)2/h4-11H,3H2,1-2H3,(H,16,17). The molecular formula is C15H17NOS. The molecule has 1 atom stereocenters. The number of hydrogen-bond donors (Lipinski definition) is 1. The zero-order valence-electron chi connectivity index (χ0n) is 10.6. The van der Waals surface area contributed by atoms with Crippen molar-refractivity contribution in [2.24, 2.45) is 0 Å². The largest absolute Gasteiger partial charge is 0.309 e. The molecule has 1 N–H and O–H groups in total. The molecule has 0 aromatic heterocycles. The zero-order valence-corrected chi connectivity index (χ0v) is 11.5. The normalized spacial score (nSPS) is 13.9. The number of rotatable bonds is 3. The van der Waals surface area contributed by atoms with Gasteiger partial charge < -0.3 is 4.72 Å². The number of anilines is 1. The van der Waals surface area contributed by atoms with Crippen LogP contribution in [0.4, 0.5) is 5.69 Å². The first-order valence-corrected chi connectivity index (χ1v) is 7.50. The minimum Gasteiger partial charge on any atom is -0.309 e. The van der Waals surface area contributed by atoms with Crippen molar-refractivity contribution in [3.8, 4) is 0 Å². The lowest BCUT2D eigenvalue weighted by molar-refractivity contribution is 0.684. The fourth-order valence-corrected chi connectivity index (χ4v) is 3.43. The third-order valence-corrected chi connectivity index (χ3v) is 4.59. The van der Waals surface area contributed by atoms with E-state index in [4.69, 9.17) is 0 Å². The van der Waals surface area contributed by atoms with Crippen molar-refractivity contribution < 1.29 is 4.21 Å². The van der Waals surface area contributed by atoms with Gasteiger partial charge in [0.15, 0.2) is 0 Å². The van der Waals surface area contributed by atoms with Gasteiger partial charge in [-0.25, -0.2) is 4.21 Å². The smallest absolute Gasteiger partial charge is 0.0741 e. The second-order valence-corrected chi connectivity index (χ2v) is 6.35. The number of nitrogens with one attached hydrogen (secondary N) is 1. The van der Waals surface area contributed by atoms with Crippen molar-refractivity contribution in [1.29, 1.82) is 0 Å². The van der Waals surface area contributed by atoms with Gasteiger partial charge in [0, 0.05) is 5.69 Å². The molecule has 2 nitrogen and oxygen atoms in total. The van der Waals surface area contributed by atoms with Gasteiger partial charge in [-0.15, -0.1) is 0 Å². The second-order valence-electron chi connectivity index (χ2n) is 4.36. The van der Waals surface area contributed by atoms with E-state index in [1.54, 1.807) is 0 Å². The molecule has 2 rings (SSSR count). The van der Waals surface area contributed by atoms with Gasteiger partial charge >= 0.3 is 0 Å². The monoisotopic (exact) mass is 259 g/mol. The summed E-state index contributed by atoms with van der Waals surface area (Å²) in [6.45, 7) is 3.93. The van der Waals surface area contributed by atoms with Gasteiger partial charge in [-0.05, 0) is 43.0 Å². The Balaban J connectivity index is 2.40. The molecule has 0 radical (unpaired) electrons. The summed E-state index contributed by atoms with van der Waals surface area (Å²) in [5.74, 6) is 3.85. The van der Waals surface area contributed by atoms with Crippen LogP contribution in [0, 0.1) is 13.8 Å². The Labute approximate surface area is 109 Å². The molecule has 18 heavy (non-hydrogen) atoms. The molecule has 0 fully saturated rings. The Hall–Kier alpha value is -1.74. The average molecular weight is 259 g/mol. The summed E-state index contributed by atoms with van der Waals surface area (Å²) in [5, 5.41) is 0. The highest BCUT2D eigenvalue weighted by Gasteiger charge is 2.10. The van der Waals surface area contributed by atoms with Crippen LogP contribution in [0.2, 0.25) is 0 Å². The molecule has 2 aromatic rings. The lowest BCUT2D eigenvalue weighted by atomic mass is 10.2. The quantitative estimate of drug-likeness (QED) is 0.841. The molecule has 0 amide bonds. The van der Waals surface area contributed by atoms with Crippen LogP contribution in [-0.4, -0.2) is 10.1 Å². The van der Waals surface area contributed by atoms with Crippen molar-refractivity contribution in [3.05, 3.63) is 59.7 Å². The lowest BCUT2D eigenvalue weighted by Crippen LogP contribution is -2.14. The van der Waals surface area contributed by atoms with Crippen LogP contribution in [0.1, 0.15) is 11.1 Å². The van der Waals surface area contributed by atoms with Crippen LogP contribution in [0.3, 0.4) is 0 Å². The minimum atomic E-state index is -2.52. The summed E-state index contributed by atoms with van der Waals surface area (Å²) < 4.78 is 15.8. The molecule has 1 unspecified atom stereocenters. The average Bonchev–Trinajstić information content (AvgIpc) is 2.32. The van der Waals surface area contributed by atoms with Crippen LogP contribution < -0.4 is 4.72 Å². The molecule has 94 valence electrons. The topological polar surface area (TPSA) is 29.1 Å². The molecular weight excluding hydrogens is 242 g/mol. The maximum Gasteiger partial charge on any atom is 0.0741 e. The first-order valence-electron chi connectivity index (χ1n) is 5.77. The second kappa shape index (κ2) is 4.86. The summed E-state index contributed by atoms with van der Waals surface area (Å²) in [6.07, 6.45) is 0. The van der Waals surface area contributed by atoms with E-state index in [0.29, 0.717) is 0 Å². The Kier molecular flexibility index (Phi) is 3.43. The predicted octanol–water partition coefficient (Wildman–Crippen LogP) is 3.41. The van der Waals surface area contributed by atoms with E-state index in [9.17, 15) is 4.21 Å². The SMILES string of the molecule is C=S(=O)(Nc1ccccc1C)c1ccccc1C. The Morgan fingerprint density at radius 2 is 1.50 bits per heavy atom. The maximum atomic E-state index is 12.7. The van der Waals surface area contributed by atoms with Gasteiger partial charge in [-0.2, -0.15) is 0 Å². The molecule has 2 aromatic carbocycles. The highest BCUT2D eigenvalue weighted by Crippen LogP contribution is 2.21. The molecule has 0 aliphatic rings. The van der Waals surface area contributed by atoms with Crippen LogP contribution in [0.5, 0.6) is 0 Å². The number of para-hydroxylation sites is 1. The van der Waals surface area contributed by atoms with Gasteiger partial charge in [0.25, 0.3) is 0 Å². The molecule has 0 heterocycles. The Bertz CT molecular complexity index is 660. The van der Waals surface area contributed by atoms with Crippen molar-refractivity contribution in [3.63, 3.8) is 0 Å². The van der Waals surface area contributed by atoms with Gasteiger partial charge in [-0.3, -0.25) is 0 Å². The van der Waals surface area contributed by atoms with Crippen molar-refractivity contribution in [2.45, 2.75) is 18.7 Å². The Morgan fingerprint density at radius 3 is 2.11 bits per heavy atom. The van der Waals surface area contributed by atoms with Crippen LogP contribution in [0.25, 0.3) is 0 Å². The molecule has 0 bridgehead atoms. The van der Waals surface area contributed by atoms with E-state index in [1.807, 2.05) is 62.4 Å². The molecule has 0 aliphatic heterocycles. The minimum absolute atomic E-state index is 0.758.